The van der Waals surface area contributed by atoms with Gasteiger partial charge < -0.3 is 10.1 Å². The molecule has 0 aromatic carbocycles. The van der Waals surface area contributed by atoms with E-state index in [0.29, 0.717) is 12.1 Å². The smallest absolute Gasteiger partial charge is 0.0724 e. The van der Waals surface area contributed by atoms with Crippen LogP contribution < -0.4 is 5.32 Å². The topological polar surface area (TPSA) is 62.8 Å². The number of pyridine rings is 1. The van der Waals surface area contributed by atoms with Gasteiger partial charge in [0.05, 0.1) is 18.0 Å². The Morgan fingerprint density at radius 3 is 3.15 bits per heavy atom. The van der Waals surface area contributed by atoms with Crippen molar-refractivity contribution >= 4 is 0 Å². The van der Waals surface area contributed by atoms with Gasteiger partial charge >= 0.3 is 0 Å². The van der Waals surface area contributed by atoms with Gasteiger partial charge in [0.1, 0.15) is 0 Å². The average Bonchev–Trinajstić information content (AvgIpc) is 3.14. The van der Waals surface area contributed by atoms with Crippen LogP contribution in [-0.4, -0.2) is 34.4 Å². The Kier molecular flexibility index (Phi) is 4.08. The zero-order valence-corrected chi connectivity index (χ0v) is 11.7. The van der Waals surface area contributed by atoms with Gasteiger partial charge in [-0.2, -0.15) is 5.10 Å². The van der Waals surface area contributed by atoms with Gasteiger partial charge in [-0.25, -0.2) is 0 Å². The summed E-state index contributed by atoms with van der Waals surface area (Å²) in [6.45, 7) is 0.797. The summed E-state index contributed by atoms with van der Waals surface area (Å²) in [5.41, 5.74) is 3.27. The van der Waals surface area contributed by atoms with Crippen molar-refractivity contribution in [3.8, 4) is 11.3 Å². The second-order valence-corrected chi connectivity index (χ2v) is 5.20. The summed E-state index contributed by atoms with van der Waals surface area (Å²) >= 11 is 0. The minimum atomic E-state index is 0.337. The average molecular weight is 272 g/mol. The SMILES string of the molecule is COC1CCCC1NCc1cn[nH]c1-c1cccnc1. The van der Waals surface area contributed by atoms with Gasteiger partial charge in [0.15, 0.2) is 0 Å². The normalized spacial score (nSPS) is 22.2. The number of ether oxygens (including phenoxy) is 1. The number of hydrogen-bond acceptors (Lipinski definition) is 4. The molecule has 20 heavy (non-hydrogen) atoms. The molecular formula is C15H20N4O. The highest BCUT2D eigenvalue weighted by molar-refractivity contribution is 5.61. The molecule has 3 rings (SSSR count). The van der Waals surface area contributed by atoms with Gasteiger partial charge in [-0.3, -0.25) is 10.1 Å². The van der Waals surface area contributed by atoms with E-state index in [1.807, 2.05) is 24.5 Å². The van der Waals surface area contributed by atoms with Gasteiger partial charge in [0, 0.05) is 43.2 Å². The van der Waals surface area contributed by atoms with Crippen molar-refractivity contribution < 1.29 is 4.74 Å². The molecule has 0 radical (unpaired) electrons. The Balaban J connectivity index is 1.68. The van der Waals surface area contributed by atoms with Crippen LogP contribution in [0.1, 0.15) is 24.8 Å². The molecule has 2 heterocycles. The Morgan fingerprint density at radius 1 is 1.40 bits per heavy atom. The van der Waals surface area contributed by atoms with Crippen molar-refractivity contribution in [3.63, 3.8) is 0 Å². The molecule has 2 N–H and O–H groups in total. The van der Waals surface area contributed by atoms with Gasteiger partial charge in [-0.05, 0) is 31.4 Å². The standard InChI is InChI=1S/C15H20N4O/c1-20-14-6-2-5-13(14)17-9-12-10-18-19-15(12)11-4-3-7-16-8-11/h3-4,7-8,10,13-14,17H,2,5-6,9H2,1H3,(H,18,19). The molecule has 0 amide bonds. The molecule has 1 aliphatic carbocycles. The molecule has 1 fully saturated rings. The number of aromatic nitrogens is 3. The number of nitrogens with zero attached hydrogens (tertiary/aromatic N) is 2. The summed E-state index contributed by atoms with van der Waals surface area (Å²) in [5.74, 6) is 0. The van der Waals surface area contributed by atoms with Gasteiger partial charge in [0.2, 0.25) is 0 Å². The predicted octanol–water partition coefficient (Wildman–Crippen LogP) is 2.13. The van der Waals surface area contributed by atoms with Crippen molar-refractivity contribution in [1.82, 2.24) is 20.5 Å². The first-order valence-corrected chi connectivity index (χ1v) is 7.07. The Labute approximate surface area is 118 Å². The molecule has 2 atom stereocenters. The zero-order chi connectivity index (χ0) is 13.8. The van der Waals surface area contributed by atoms with Crippen LogP contribution >= 0.6 is 0 Å². The first-order chi connectivity index (χ1) is 9.88. The lowest BCUT2D eigenvalue weighted by Crippen LogP contribution is -2.36. The van der Waals surface area contributed by atoms with Crippen LogP contribution in [0.2, 0.25) is 0 Å². The van der Waals surface area contributed by atoms with Crippen molar-refractivity contribution in [2.24, 2.45) is 0 Å². The van der Waals surface area contributed by atoms with E-state index in [-0.39, 0.29) is 0 Å². The van der Waals surface area contributed by atoms with Crippen molar-refractivity contribution in [1.29, 1.82) is 0 Å². The molecular weight excluding hydrogens is 252 g/mol. The maximum Gasteiger partial charge on any atom is 0.0724 e. The highest BCUT2D eigenvalue weighted by Crippen LogP contribution is 2.23. The molecule has 2 unspecified atom stereocenters. The molecule has 0 bridgehead atoms. The summed E-state index contributed by atoms with van der Waals surface area (Å²) in [4.78, 5) is 4.16. The first-order valence-electron chi connectivity index (χ1n) is 7.07. The number of H-pyrrole nitrogens is 1. The van der Waals surface area contributed by atoms with Crippen molar-refractivity contribution in [2.75, 3.05) is 7.11 Å². The molecule has 1 aliphatic rings. The maximum absolute atomic E-state index is 5.51. The van der Waals surface area contributed by atoms with E-state index in [2.05, 4.69) is 20.5 Å². The van der Waals surface area contributed by atoms with Crippen molar-refractivity contribution in [3.05, 3.63) is 36.3 Å². The molecule has 2 aromatic heterocycles. The predicted molar refractivity (Wildman–Crippen MR) is 77.1 cm³/mol. The number of nitrogens with one attached hydrogen (secondary N) is 2. The van der Waals surface area contributed by atoms with Crippen LogP contribution in [0.15, 0.2) is 30.7 Å². The lowest BCUT2D eigenvalue weighted by atomic mass is 10.1. The van der Waals surface area contributed by atoms with Crippen molar-refractivity contribution in [2.45, 2.75) is 38.0 Å². The van der Waals surface area contributed by atoms with E-state index in [0.717, 1.165) is 24.2 Å². The van der Waals surface area contributed by atoms with Gasteiger partial charge in [0.25, 0.3) is 0 Å². The Hall–Kier alpha value is -1.72. The molecule has 5 heteroatoms. The molecule has 106 valence electrons. The van der Waals surface area contributed by atoms with Crippen LogP contribution in [-0.2, 0) is 11.3 Å². The van der Waals surface area contributed by atoms with E-state index in [4.69, 9.17) is 4.74 Å². The summed E-state index contributed by atoms with van der Waals surface area (Å²) in [6, 6.07) is 4.42. The summed E-state index contributed by atoms with van der Waals surface area (Å²) in [7, 11) is 1.80. The third-order valence-electron chi connectivity index (χ3n) is 3.98. The van der Waals surface area contributed by atoms with Crippen LogP contribution in [0.5, 0.6) is 0 Å². The molecule has 5 nitrogen and oxygen atoms in total. The minimum absolute atomic E-state index is 0.337. The fraction of sp³-hybridized carbons (Fsp3) is 0.467. The Morgan fingerprint density at radius 2 is 2.35 bits per heavy atom. The lowest BCUT2D eigenvalue weighted by Gasteiger charge is -2.19. The quantitative estimate of drug-likeness (QED) is 0.875. The lowest BCUT2D eigenvalue weighted by molar-refractivity contribution is 0.0847. The monoisotopic (exact) mass is 272 g/mol. The third-order valence-corrected chi connectivity index (χ3v) is 3.98. The van der Waals surface area contributed by atoms with E-state index in [1.54, 1.807) is 13.3 Å². The maximum atomic E-state index is 5.51. The number of hydrogen-bond donors (Lipinski definition) is 2. The fourth-order valence-electron chi connectivity index (χ4n) is 2.89. The zero-order valence-electron chi connectivity index (χ0n) is 11.7. The fourth-order valence-corrected chi connectivity index (χ4v) is 2.89. The molecule has 2 aromatic rings. The molecule has 0 saturated heterocycles. The minimum Gasteiger partial charge on any atom is -0.380 e. The number of rotatable bonds is 5. The molecule has 1 saturated carbocycles. The van der Waals surface area contributed by atoms with E-state index in [9.17, 15) is 0 Å². The largest absolute Gasteiger partial charge is 0.380 e. The number of methoxy groups -OCH3 is 1. The van der Waals surface area contributed by atoms with Gasteiger partial charge in [-0.15, -0.1) is 0 Å². The second kappa shape index (κ2) is 6.15. The summed E-state index contributed by atoms with van der Waals surface area (Å²) < 4.78 is 5.51. The molecule has 0 aliphatic heterocycles. The van der Waals surface area contributed by atoms with E-state index >= 15 is 0 Å². The van der Waals surface area contributed by atoms with Crippen LogP contribution in [0.25, 0.3) is 11.3 Å². The highest BCUT2D eigenvalue weighted by atomic mass is 16.5. The summed E-state index contributed by atoms with van der Waals surface area (Å²) in [5, 5.41) is 10.8. The van der Waals surface area contributed by atoms with Crippen LogP contribution in [0.3, 0.4) is 0 Å². The molecule has 0 spiro atoms. The summed E-state index contributed by atoms with van der Waals surface area (Å²) in [6.07, 6.45) is 9.41. The van der Waals surface area contributed by atoms with E-state index < -0.39 is 0 Å². The second-order valence-electron chi connectivity index (χ2n) is 5.20. The van der Waals surface area contributed by atoms with Gasteiger partial charge in [-0.1, -0.05) is 0 Å². The third kappa shape index (κ3) is 2.73. The Bertz CT molecular complexity index is 540. The number of aromatic amines is 1. The highest BCUT2D eigenvalue weighted by Gasteiger charge is 2.26. The first kappa shape index (κ1) is 13.3. The van der Waals surface area contributed by atoms with Crippen LogP contribution in [0, 0.1) is 0 Å². The van der Waals surface area contributed by atoms with E-state index in [1.165, 1.54) is 18.4 Å². The van der Waals surface area contributed by atoms with Crippen LogP contribution in [0.4, 0.5) is 0 Å².